The molecular weight excluding hydrogens is 346 g/mol. The van der Waals surface area contributed by atoms with E-state index in [1.165, 1.54) is 10.4 Å². The molecule has 4 nitrogen and oxygen atoms in total. The summed E-state index contributed by atoms with van der Waals surface area (Å²) in [5.74, 6) is -0.249. The largest absolute Gasteiger partial charge is 0.293 e. The second kappa shape index (κ2) is 6.11. The number of rotatable bonds is 2. The number of carbonyl (C=O) groups excluding carboxylic acids is 1. The van der Waals surface area contributed by atoms with Gasteiger partial charge in [0.05, 0.1) is 17.1 Å². The van der Waals surface area contributed by atoms with Gasteiger partial charge in [0.1, 0.15) is 0 Å². The summed E-state index contributed by atoms with van der Waals surface area (Å²) in [5.41, 5.74) is 2.21. The molecule has 1 aliphatic rings. The molecule has 0 aliphatic carbocycles. The van der Waals surface area contributed by atoms with Crippen LogP contribution in [0.3, 0.4) is 0 Å². The van der Waals surface area contributed by atoms with Gasteiger partial charge in [0.25, 0.3) is 10.0 Å². The molecule has 1 aliphatic heterocycles. The van der Waals surface area contributed by atoms with Crippen molar-refractivity contribution in [1.29, 1.82) is 0 Å². The van der Waals surface area contributed by atoms with Gasteiger partial charge in [0.2, 0.25) is 0 Å². The summed E-state index contributed by atoms with van der Waals surface area (Å²) in [6.07, 6.45) is 3.13. The third kappa shape index (κ3) is 2.80. The van der Waals surface area contributed by atoms with E-state index in [9.17, 15) is 13.2 Å². The van der Waals surface area contributed by atoms with Gasteiger partial charge in [0.15, 0.2) is 5.78 Å². The minimum absolute atomic E-state index is 0.178. The fourth-order valence-electron chi connectivity index (χ4n) is 3.11. The van der Waals surface area contributed by atoms with E-state index in [4.69, 9.17) is 0 Å². The van der Waals surface area contributed by atoms with Crippen molar-refractivity contribution < 1.29 is 13.2 Å². The van der Waals surface area contributed by atoms with Crippen LogP contribution in [0.1, 0.15) is 11.1 Å². The maximum Gasteiger partial charge on any atom is 0.264 e. The van der Waals surface area contributed by atoms with Crippen LogP contribution in [0, 0.1) is 6.92 Å². The molecule has 0 aromatic heterocycles. The Labute approximate surface area is 152 Å². The Morgan fingerprint density at radius 1 is 0.885 bits per heavy atom. The molecule has 0 bridgehead atoms. The number of hydrogen-bond donors (Lipinski definition) is 0. The normalized spacial score (nSPS) is 14.3. The lowest BCUT2D eigenvalue weighted by Crippen LogP contribution is -2.35. The Balaban J connectivity index is 1.93. The van der Waals surface area contributed by atoms with E-state index in [-0.39, 0.29) is 17.2 Å². The number of hydrogen-bond acceptors (Lipinski definition) is 3. The number of ketones is 1. The Bertz CT molecular complexity index is 1150. The first-order valence-electron chi connectivity index (χ1n) is 8.28. The minimum Gasteiger partial charge on any atom is -0.293 e. The van der Waals surface area contributed by atoms with E-state index >= 15 is 0 Å². The average Bonchev–Trinajstić information content (AvgIpc) is 2.80. The molecule has 0 spiro atoms. The lowest BCUT2D eigenvalue weighted by Gasteiger charge is -2.24. The number of carbonyl (C=O) groups is 1. The van der Waals surface area contributed by atoms with Crippen molar-refractivity contribution in [1.82, 2.24) is 0 Å². The second-order valence-corrected chi connectivity index (χ2v) is 8.24. The topological polar surface area (TPSA) is 54.5 Å². The van der Waals surface area contributed by atoms with Crippen LogP contribution >= 0.6 is 0 Å². The molecule has 0 amide bonds. The van der Waals surface area contributed by atoms with Crippen LogP contribution < -0.4 is 4.31 Å². The third-order valence-corrected chi connectivity index (χ3v) is 6.29. The zero-order valence-electron chi connectivity index (χ0n) is 14.2. The lowest BCUT2D eigenvalue weighted by atomic mass is 10.0. The molecule has 0 N–H and O–H groups in total. The highest BCUT2D eigenvalue weighted by Gasteiger charge is 2.29. The molecular formula is C21H17NO3S. The van der Waals surface area contributed by atoms with E-state index < -0.39 is 10.0 Å². The zero-order chi connectivity index (χ0) is 18.3. The van der Waals surface area contributed by atoms with Gasteiger partial charge in [-0.05, 0) is 59.7 Å². The molecule has 0 saturated carbocycles. The zero-order valence-corrected chi connectivity index (χ0v) is 15.0. The van der Waals surface area contributed by atoms with Crippen molar-refractivity contribution in [3.8, 4) is 0 Å². The van der Waals surface area contributed by atoms with Gasteiger partial charge in [0, 0.05) is 0 Å². The molecule has 130 valence electrons. The van der Waals surface area contributed by atoms with E-state index in [0.717, 1.165) is 16.3 Å². The van der Waals surface area contributed by atoms with Crippen LogP contribution in [0.25, 0.3) is 16.8 Å². The second-order valence-electron chi connectivity index (χ2n) is 6.38. The van der Waals surface area contributed by atoms with Crippen LogP contribution in [0.5, 0.6) is 0 Å². The van der Waals surface area contributed by atoms with Crippen molar-refractivity contribution in [3.05, 3.63) is 77.9 Å². The summed E-state index contributed by atoms with van der Waals surface area (Å²) in [6, 6.07) is 18.2. The molecule has 4 rings (SSSR count). The standard InChI is InChI=1S/C21H17NO3S/c1-15-6-10-20(11-7-15)26(24,25)22-14-19(23)9-8-18-12-16-4-2-3-5-17(16)13-21(18)22/h2-13H,14H2,1H3. The van der Waals surface area contributed by atoms with Crippen molar-refractivity contribution in [2.24, 2.45) is 0 Å². The highest BCUT2D eigenvalue weighted by Crippen LogP contribution is 2.33. The number of aryl methyl sites for hydroxylation is 1. The van der Waals surface area contributed by atoms with Gasteiger partial charge >= 0.3 is 0 Å². The van der Waals surface area contributed by atoms with Crippen molar-refractivity contribution in [3.63, 3.8) is 0 Å². The first kappa shape index (κ1) is 16.5. The quantitative estimate of drug-likeness (QED) is 0.693. The SMILES string of the molecule is Cc1ccc(S(=O)(=O)N2CC(=O)C=Cc3cc4ccccc4cc32)cc1. The number of fused-ring (bicyclic) bond motifs is 2. The van der Waals surface area contributed by atoms with Gasteiger partial charge in [-0.3, -0.25) is 9.10 Å². The molecule has 1 heterocycles. The van der Waals surface area contributed by atoms with Crippen molar-refractivity contribution in [2.75, 3.05) is 10.8 Å². The molecule has 5 heteroatoms. The minimum atomic E-state index is -3.84. The molecule has 26 heavy (non-hydrogen) atoms. The molecule has 0 fully saturated rings. The van der Waals surface area contributed by atoms with Gasteiger partial charge < -0.3 is 0 Å². The average molecular weight is 363 g/mol. The van der Waals surface area contributed by atoms with Crippen LogP contribution in [-0.4, -0.2) is 20.7 Å². The van der Waals surface area contributed by atoms with Gasteiger partial charge in [-0.1, -0.05) is 42.0 Å². The molecule has 0 atom stereocenters. The number of benzene rings is 3. The summed E-state index contributed by atoms with van der Waals surface area (Å²) < 4.78 is 27.7. The highest BCUT2D eigenvalue weighted by atomic mass is 32.2. The molecule has 3 aromatic carbocycles. The summed E-state index contributed by atoms with van der Waals surface area (Å²) in [7, 11) is -3.84. The predicted molar refractivity (Wildman–Crippen MR) is 104 cm³/mol. The maximum absolute atomic E-state index is 13.2. The predicted octanol–water partition coefficient (Wildman–Crippen LogP) is 3.94. The molecule has 0 unspecified atom stereocenters. The van der Waals surface area contributed by atoms with Gasteiger partial charge in [-0.25, -0.2) is 8.42 Å². The lowest BCUT2D eigenvalue weighted by molar-refractivity contribution is -0.113. The number of nitrogens with zero attached hydrogens (tertiary/aromatic N) is 1. The van der Waals surface area contributed by atoms with Crippen molar-refractivity contribution in [2.45, 2.75) is 11.8 Å². The van der Waals surface area contributed by atoms with Crippen LogP contribution in [0.4, 0.5) is 5.69 Å². The first-order valence-corrected chi connectivity index (χ1v) is 9.72. The van der Waals surface area contributed by atoms with E-state index in [1.807, 2.05) is 43.3 Å². The summed E-state index contributed by atoms with van der Waals surface area (Å²) >= 11 is 0. The summed E-state index contributed by atoms with van der Waals surface area (Å²) in [4.78, 5) is 12.4. The number of anilines is 1. The van der Waals surface area contributed by atoms with Gasteiger partial charge in [-0.15, -0.1) is 0 Å². The number of sulfonamides is 1. The van der Waals surface area contributed by atoms with E-state index in [1.54, 1.807) is 30.3 Å². The Morgan fingerprint density at radius 2 is 1.54 bits per heavy atom. The maximum atomic E-state index is 13.2. The van der Waals surface area contributed by atoms with Crippen LogP contribution in [-0.2, 0) is 14.8 Å². The highest BCUT2D eigenvalue weighted by molar-refractivity contribution is 7.92. The van der Waals surface area contributed by atoms with E-state index in [2.05, 4.69) is 0 Å². The first-order chi connectivity index (χ1) is 12.4. The Hall–Kier alpha value is -2.92. The molecule has 0 saturated heterocycles. The Kier molecular flexibility index (Phi) is 3.89. The third-order valence-electron chi connectivity index (χ3n) is 4.52. The fourth-order valence-corrected chi connectivity index (χ4v) is 4.56. The van der Waals surface area contributed by atoms with Crippen molar-refractivity contribution >= 4 is 38.3 Å². The Morgan fingerprint density at radius 3 is 2.23 bits per heavy atom. The van der Waals surface area contributed by atoms with E-state index in [0.29, 0.717) is 11.3 Å². The van der Waals surface area contributed by atoms with Crippen LogP contribution in [0.15, 0.2) is 71.6 Å². The fraction of sp³-hybridized carbons (Fsp3) is 0.0952. The van der Waals surface area contributed by atoms with Crippen LogP contribution in [0.2, 0.25) is 0 Å². The monoisotopic (exact) mass is 363 g/mol. The summed E-state index contributed by atoms with van der Waals surface area (Å²) in [6.45, 7) is 1.69. The molecule has 3 aromatic rings. The molecule has 0 radical (unpaired) electrons. The summed E-state index contributed by atoms with van der Waals surface area (Å²) in [5, 5.41) is 1.93. The van der Waals surface area contributed by atoms with Gasteiger partial charge in [-0.2, -0.15) is 0 Å². The smallest absolute Gasteiger partial charge is 0.264 e.